The van der Waals surface area contributed by atoms with Crippen molar-refractivity contribution in [2.45, 2.75) is 13.5 Å². The largest absolute Gasteiger partial charge is 0.497 e. The Morgan fingerprint density at radius 3 is 2.30 bits per heavy atom. The summed E-state index contributed by atoms with van der Waals surface area (Å²) in [5, 5.41) is 2.78. The van der Waals surface area contributed by atoms with Gasteiger partial charge in [0.1, 0.15) is 5.75 Å². The average molecular weight is 417 g/mol. The minimum absolute atomic E-state index is 0.0620. The van der Waals surface area contributed by atoms with Gasteiger partial charge in [0.25, 0.3) is 0 Å². The van der Waals surface area contributed by atoms with Crippen LogP contribution in [0.25, 0.3) is 0 Å². The van der Waals surface area contributed by atoms with Crippen molar-refractivity contribution in [2.75, 3.05) is 46.2 Å². The molecular formula is C22H28FN3O4. The van der Waals surface area contributed by atoms with Gasteiger partial charge >= 0.3 is 0 Å². The number of nitrogens with one attached hydrogen (secondary N) is 1. The Kier molecular flexibility index (Phi) is 8.61. The van der Waals surface area contributed by atoms with Crippen molar-refractivity contribution in [3.63, 3.8) is 0 Å². The van der Waals surface area contributed by atoms with E-state index in [2.05, 4.69) is 5.32 Å². The Hall–Kier alpha value is -3.13. The van der Waals surface area contributed by atoms with Gasteiger partial charge in [-0.2, -0.15) is 0 Å². The van der Waals surface area contributed by atoms with Gasteiger partial charge in [0.15, 0.2) is 11.6 Å². The topological polar surface area (TPSA) is 71.1 Å². The fourth-order valence-corrected chi connectivity index (χ4v) is 2.91. The van der Waals surface area contributed by atoms with Crippen LogP contribution < -0.4 is 14.8 Å². The lowest BCUT2D eigenvalue weighted by Crippen LogP contribution is -2.41. The van der Waals surface area contributed by atoms with Crippen molar-refractivity contribution in [1.29, 1.82) is 0 Å². The molecule has 2 amide bonds. The number of ether oxygens (including phenoxy) is 2. The standard InChI is InChI=1S/C22H28FN3O4/c1-5-26(13-16-6-11-20(30-4)19(23)12-16)22(28)15-25(2)14-21(27)24-17-7-9-18(29-3)10-8-17/h6-12H,5,13-15H2,1-4H3,(H,24,27). The number of nitrogens with zero attached hydrogens (tertiary/aromatic N) is 2. The van der Waals surface area contributed by atoms with Gasteiger partial charge in [-0.05, 0) is 55.9 Å². The minimum atomic E-state index is -0.467. The summed E-state index contributed by atoms with van der Waals surface area (Å²) >= 11 is 0. The summed E-state index contributed by atoms with van der Waals surface area (Å²) in [6, 6.07) is 11.6. The third-order valence-corrected chi connectivity index (χ3v) is 4.52. The van der Waals surface area contributed by atoms with E-state index >= 15 is 0 Å². The van der Waals surface area contributed by atoms with Crippen LogP contribution in [0.1, 0.15) is 12.5 Å². The van der Waals surface area contributed by atoms with Gasteiger partial charge in [-0.3, -0.25) is 14.5 Å². The summed E-state index contributed by atoms with van der Waals surface area (Å²) in [7, 11) is 4.68. The van der Waals surface area contributed by atoms with E-state index in [-0.39, 0.29) is 37.2 Å². The van der Waals surface area contributed by atoms with E-state index < -0.39 is 5.82 Å². The van der Waals surface area contributed by atoms with E-state index in [0.717, 1.165) is 0 Å². The van der Waals surface area contributed by atoms with Gasteiger partial charge in [-0.15, -0.1) is 0 Å². The first kappa shape index (κ1) is 23.2. The Bertz CT molecular complexity index is 858. The monoisotopic (exact) mass is 417 g/mol. The lowest BCUT2D eigenvalue weighted by atomic mass is 10.2. The van der Waals surface area contributed by atoms with Gasteiger partial charge in [0.2, 0.25) is 11.8 Å². The second kappa shape index (κ2) is 11.2. The summed E-state index contributed by atoms with van der Waals surface area (Å²) in [6.07, 6.45) is 0. The number of methoxy groups -OCH3 is 2. The van der Waals surface area contributed by atoms with Crippen LogP contribution in [-0.2, 0) is 16.1 Å². The van der Waals surface area contributed by atoms with Crippen LogP contribution >= 0.6 is 0 Å². The third kappa shape index (κ3) is 6.73. The zero-order valence-electron chi connectivity index (χ0n) is 17.8. The van der Waals surface area contributed by atoms with E-state index in [1.165, 1.54) is 13.2 Å². The molecule has 0 bridgehead atoms. The van der Waals surface area contributed by atoms with Gasteiger partial charge in [-0.1, -0.05) is 6.07 Å². The van der Waals surface area contributed by atoms with Crippen molar-refractivity contribution < 1.29 is 23.5 Å². The molecule has 0 saturated carbocycles. The molecule has 0 aromatic heterocycles. The highest BCUT2D eigenvalue weighted by Gasteiger charge is 2.17. The predicted molar refractivity (Wildman–Crippen MR) is 113 cm³/mol. The number of halogens is 1. The van der Waals surface area contributed by atoms with Gasteiger partial charge in [0.05, 0.1) is 27.3 Å². The Morgan fingerprint density at radius 1 is 1.03 bits per heavy atom. The summed E-state index contributed by atoms with van der Waals surface area (Å²) in [5.41, 5.74) is 1.32. The Morgan fingerprint density at radius 2 is 1.73 bits per heavy atom. The lowest BCUT2D eigenvalue weighted by molar-refractivity contribution is -0.132. The molecule has 30 heavy (non-hydrogen) atoms. The molecule has 2 aromatic carbocycles. The first-order valence-corrected chi connectivity index (χ1v) is 9.58. The lowest BCUT2D eigenvalue weighted by Gasteiger charge is -2.24. The summed E-state index contributed by atoms with van der Waals surface area (Å²) < 4.78 is 23.9. The quantitative estimate of drug-likeness (QED) is 0.644. The van der Waals surface area contributed by atoms with Crippen LogP contribution in [0.2, 0.25) is 0 Å². The van der Waals surface area contributed by atoms with Crippen LogP contribution in [0, 0.1) is 5.82 Å². The summed E-state index contributed by atoms with van der Waals surface area (Å²) in [4.78, 5) is 28.1. The number of amides is 2. The molecule has 0 saturated heterocycles. The molecule has 0 aliphatic heterocycles. The second-order valence-corrected chi connectivity index (χ2v) is 6.83. The fraction of sp³-hybridized carbons (Fsp3) is 0.364. The number of carbonyl (C=O) groups is 2. The van der Waals surface area contributed by atoms with E-state index in [1.807, 2.05) is 6.92 Å². The molecule has 1 N–H and O–H groups in total. The smallest absolute Gasteiger partial charge is 0.238 e. The minimum Gasteiger partial charge on any atom is -0.497 e. The average Bonchev–Trinajstić information content (AvgIpc) is 2.72. The molecular weight excluding hydrogens is 389 g/mol. The molecule has 0 fully saturated rings. The highest BCUT2D eigenvalue weighted by atomic mass is 19.1. The number of benzene rings is 2. The van der Waals surface area contributed by atoms with Crippen molar-refractivity contribution in [3.8, 4) is 11.5 Å². The molecule has 162 valence electrons. The second-order valence-electron chi connectivity index (χ2n) is 6.83. The van der Waals surface area contributed by atoms with Crippen molar-refractivity contribution >= 4 is 17.5 Å². The first-order valence-electron chi connectivity index (χ1n) is 9.58. The highest BCUT2D eigenvalue weighted by molar-refractivity contribution is 5.92. The zero-order valence-corrected chi connectivity index (χ0v) is 17.8. The maximum Gasteiger partial charge on any atom is 0.238 e. The zero-order chi connectivity index (χ0) is 22.1. The molecule has 7 nitrogen and oxygen atoms in total. The molecule has 8 heteroatoms. The number of likely N-dealkylation sites (N-methyl/N-ethyl adjacent to an activating group) is 2. The Balaban J connectivity index is 1.87. The van der Waals surface area contributed by atoms with Crippen LogP contribution in [-0.4, -0.2) is 62.5 Å². The van der Waals surface area contributed by atoms with Crippen LogP contribution in [0.4, 0.5) is 10.1 Å². The number of anilines is 1. The van der Waals surface area contributed by atoms with Crippen LogP contribution in [0.3, 0.4) is 0 Å². The van der Waals surface area contributed by atoms with Crippen molar-refractivity contribution in [2.24, 2.45) is 0 Å². The molecule has 2 aromatic rings. The molecule has 0 spiro atoms. The summed E-state index contributed by atoms with van der Waals surface area (Å²) in [6.45, 7) is 2.74. The number of rotatable bonds is 10. The highest BCUT2D eigenvalue weighted by Crippen LogP contribution is 2.19. The predicted octanol–water partition coefficient (Wildman–Crippen LogP) is 2.76. The number of carbonyl (C=O) groups excluding carboxylic acids is 2. The van der Waals surface area contributed by atoms with Crippen LogP contribution in [0.15, 0.2) is 42.5 Å². The van der Waals surface area contributed by atoms with E-state index in [9.17, 15) is 14.0 Å². The van der Waals surface area contributed by atoms with Crippen molar-refractivity contribution in [1.82, 2.24) is 9.80 Å². The molecule has 0 unspecified atom stereocenters. The molecule has 0 heterocycles. The normalized spacial score (nSPS) is 10.6. The SMILES string of the molecule is CCN(Cc1ccc(OC)c(F)c1)C(=O)CN(C)CC(=O)Nc1ccc(OC)cc1. The third-order valence-electron chi connectivity index (χ3n) is 4.52. The Labute approximate surface area is 176 Å². The maximum atomic E-state index is 13.9. The number of hydrogen-bond donors (Lipinski definition) is 1. The first-order chi connectivity index (χ1) is 14.4. The molecule has 0 atom stereocenters. The van der Waals surface area contributed by atoms with E-state index in [0.29, 0.717) is 23.5 Å². The van der Waals surface area contributed by atoms with Crippen molar-refractivity contribution in [3.05, 3.63) is 53.8 Å². The summed E-state index contributed by atoms with van der Waals surface area (Å²) in [5.74, 6) is 0.0258. The molecule has 2 rings (SSSR count). The van der Waals surface area contributed by atoms with Gasteiger partial charge in [0, 0.05) is 18.8 Å². The molecule has 0 aliphatic rings. The number of hydrogen-bond acceptors (Lipinski definition) is 5. The van der Waals surface area contributed by atoms with Gasteiger partial charge < -0.3 is 19.7 Å². The van der Waals surface area contributed by atoms with E-state index in [4.69, 9.17) is 9.47 Å². The molecule has 0 radical (unpaired) electrons. The van der Waals surface area contributed by atoms with Crippen LogP contribution in [0.5, 0.6) is 11.5 Å². The van der Waals surface area contributed by atoms with E-state index in [1.54, 1.807) is 60.4 Å². The maximum absolute atomic E-state index is 13.9. The van der Waals surface area contributed by atoms with Gasteiger partial charge in [-0.25, -0.2) is 4.39 Å². The fourth-order valence-electron chi connectivity index (χ4n) is 2.91. The molecule has 0 aliphatic carbocycles.